The van der Waals surface area contributed by atoms with E-state index < -0.39 is 0 Å². The van der Waals surface area contributed by atoms with E-state index in [2.05, 4.69) is 117 Å². The molecule has 0 aliphatic rings. The van der Waals surface area contributed by atoms with Gasteiger partial charge in [0.05, 0.1) is 0 Å². The van der Waals surface area contributed by atoms with Crippen LogP contribution in [0.15, 0.2) is 73.1 Å². The molecule has 5 rings (SSSR count). The van der Waals surface area contributed by atoms with Crippen LogP contribution in [0.2, 0.25) is 0 Å². The van der Waals surface area contributed by atoms with Crippen molar-refractivity contribution in [3.8, 4) is 0 Å². The molecular weight excluding hydrogens is 388 g/mol. The van der Waals surface area contributed by atoms with Gasteiger partial charge in [0.25, 0.3) is 0 Å². The molecule has 0 bridgehead atoms. The van der Waals surface area contributed by atoms with E-state index in [-0.39, 0.29) is 0 Å². The van der Waals surface area contributed by atoms with Gasteiger partial charge in [0, 0.05) is 5.56 Å². The van der Waals surface area contributed by atoms with Gasteiger partial charge < -0.3 is 0 Å². The van der Waals surface area contributed by atoms with Gasteiger partial charge in [-0.05, 0) is 90.9 Å². The number of rotatable bonds is 4. The van der Waals surface area contributed by atoms with Crippen LogP contribution in [-0.2, 0) is 13.1 Å². The Balaban J connectivity index is 1.62. The summed E-state index contributed by atoms with van der Waals surface area (Å²) in [6.45, 7) is 13.1. The Morgan fingerprint density at radius 3 is 2.06 bits per heavy atom. The highest BCUT2D eigenvalue weighted by Crippen LogP contribution is 2.28. The van der Waals surface area contributed by atoms with Gasteiger partial charge in [-0.3, -0.25) is 0 Å². The molecule has 0 amide bonds. The van der Waals surface area contributed by atoms with E-state index in [4.69, 9.17) is 0 Å². The van der Waals surface area contributed by atoms with Crippen molar-refractivity contribution < 1.29 is 4.57 Å². The lowest BCUT2D eigenvalue weighted by Gasteiger charge is -2.17. The first-order chi connectivity index (χ1) is 15.5. The first-order valence-electron chi connectivity index (χ1n) is 11.5. The summed E-state index contributed by atoms with van der Waals surface area (Å²) in [5.74, 6) is 0. The Labute approximate surface area is 190 Å². The second-order valence-electron chi connectivity index (χ2n) is 9.10. The third-order valence-electron chi connectivity index (χ3n) is 7.48. The van der Waals surface area contributed by atoms with Crippen LogP contribution in [0.4, 0.5) is 0 Å². The highest BCUT2D eigenvalue weighted by Gasteiger charge is 2.20. The molecule has 0 saturated carbocycles. The van der Waals surface area contributed by atoms with E-state index in [0.717, 1.165) is 13.1 Å². The normalized spacial score (nSPS) is 11.5. The van der Waals surface area contributed by atoms with Crippen molar-refractivity contribution in [3.63, 3.8) is 0 Å². The van der Waals surface area contributed by atoms with Crippen LogP contribution >= 0.6 is 0 Å². The summed E-state index contributed by atoms with van der Waals surface area (Å²) < 4.78 is 4.82. The van der Waals surface area contributed by atoms with Gasteiger partial charge in [-0.2, -0.15) is 0 Å². The Morgan fingerprint density at radius 1 is 0.656 bits per heavy atom. The topological polar surface area (TPSA) is 8.81 Å². The molecule has 2 heteroatoms. The number of fused-ring (bicyclic) bond motifs is 2. The minimum absolute atomic E-state index is 0.860. The van der Waals surface area contributed by atoms with Crippen LogP contribution < -0.4 is 4.57 Å². The molecule has 0 aliphatic carbocycles. The Hall–Kier alpha value is -3.39. The maximum absolute atomic E-state index is 2.42. The quantitative estimate of drug-likeness (QED) is 0.286. The molecule has 0 aliphatic heterocycles. The lowest BCUT2D eigenvalue weighted by atomic mass is 9.89. The summed E-state index contributed by atoms with van der Waals surface area (Å²) in [5.41, 5.74) is 12.5. The smallest absolute Gasteiger partial charge is 0.226 e. The number of aromatic nitrogens is 2. The third-order valence-corrected chi connectivity index (χ3v) is 7.48. The predicted octanol–water partition coefficient (Wildman–Crippen LogP) is 6.72. The van der Waals surface area contributed by atoms with Crippen molar-refractivity contribution in [2.75, 3.05) is 0 Å². The van der Waals surface area contributed by atoms with E-state index in [1.54, 1.807) is 0 Å². The van der Waals surface area contributed by atoms with Crippen molar-refractivity contribution in [3.05, 3.63) is 112 Å². The fourth-order valence-corrected chi connectivity index (χ4v) is 5.09. The van der Waals surface area contributed by atoms with Crippen LogP contribution in [0.25, 0.3) is 21.8 Å². The van der Waals surface area contributed by atoms with Crippen LogP contribution in [0.1, 0.15) is 38.9 Å². The lowest BCUT2D eigenvalue weighted by Crippen LogP contribution is -2.33. The molecule has 0 atom stereocenters. The van der Waals surface area contributed by atoms with E-state index in [1.807, 2.05) is 0 Å². The van der Waals surface area contributed by atoms with Crippen molar-refractivity contribution in [1.29, 1.82) is 0 Å². The Bertz CT molecular complexity index is 1440. The summed E-state index contributed by atoms with van der Waals surface area (Å²) in [7, 11) is 0. The monoisotopic (exact) mass is 419 g/mol. The maximum Gasteiger partial charge on any atom is 0.245 e. The number of hydrogen-bond donors (Lipinski definition) is 0. The van der Waals surface area contributed by atoms with E-state index >= 15 is 0 Å². The molecule has 0 unspecified atom stereocenters. The molecule has 0 saturated heterocycles. The van der Waals surface area contributed by atoms with E-state index in [1.165, 1.54) is 60.8 Å². The first kappa shape index (κ1) is 20.5. The summed E-state index contributed by atoms with van der Waals surface area (Å²) >= 11 is 0. The maximum atomic E-state index is 2.42. The molecule has 32 heavy (non-hydrogen) atoms. The molecule has 1 aromatic heterocycles. The molecular formula is C30H31N2+. The second-order valence-corrected chi connectivity index (χ2v) is 9.10. The van der Waals surface area contributed by atoms with E-state index in [9.17, 15) is 0 Å². The van der Waals surface area contributed by atoms with Crippen LogP contribution in [0, 0.1) is 34.6 Å². The van der Waals surface area contributed by atoms with Crippen molar-refractivity contribution in [1.82, 2.24) is 4.57 Å². The second kappa shape index (κ2) is 7.94. The Kier molecular flexibility index (Phi) is 5.09. The van der Waals surface area contributed by atoms with Gasteiger partial charge in [-0.1, -0.05) is 54.6 Å². The summed E-state index contributed by atoms with van der Waals surface area (Å²) in [6.07, 6.45) is 2.30. The molecule has 2 nitrogen and oxygen atoms in total. The largest absolute Gasteiger partial charge is 0.245 e. The van der Waals surface area contributed by atoms with Gasteiger partial charge in [0.1, 0.15) is 13.1 Å². The van der Waals surface area contributed by atoms with Crippen LogP contribution in [-0.4, -0.2) is 4.57 Å². The predicted molar refractivity (Wildman–Crippen MR) is 134 cm³/mol. The standard InChI is InChI=1S/C30H31N2/c1-20-21(2)23(4)28(24(5)22(20)3)18-32-19-31(29-15-8-9-16-30(29)32)17-26-13-10-12-25-11-6-7-14-27(25)26/h6-16,19H,17-18H2,1-5H3/q+1. The number of benzene rings is 4. The molecule has 4 aromatic carbocycles. The highest BCUT2D eigenvalue weighted by molar-refractivity contribution is 5.85. The summed E-state index contributed by atoms with van der Waals surface area (Å²) in [4.78, 5) is 0. The zero-order chi connectivity index (χ0) is 22.4. The van der Waals surface area contributed by atoms with Crippen LogP contribution in [0.3, 0.4) is 0 Å². The fourth-order valence-electron chi connectivity index (χ4n) is 5.09. The zero-order valence-corrected chi connectivity index (χ0v) is 19.7. The molecule has 0 radical (unpaired) electrons. The van der Waals surface area contributed by atoms with Gasteiger partial charge in [-0.25, -0.2) is 9.13 Å². The number of para-hydroxylation sites is 2. The number of imidazole rings is 1. The SMILES string of the molecule is Cc1c(C)c(C)c(Cn2c[n+](Cc3cccc4ccccc34)c3ccccc32)c(C)c1C. The van der Waals surface area contributed by atoms with Gasteiger partial charge in [0.15, 0.2) is 11.0 Å². The van der Waals surface area contributed by atoms with Gasteiger partial charge >= 0.3 is 0 Å². The average Bonchev–Trinajstić information content (AvgIpc) is 3.17. The van der Waals surface area contributed by atoms with Crippen LogP contribution in [0.5, 0.6) is 0 Å². The lowest BCUT2D eigenvalue weighted by molar-refractivity contribution is -0.663. The number of nitrogens with zero attached hydrogens (tertiary/aromatic N) is 2. The molecule has 1 heterocycles. The molecule has 0 spiro atoms. The van der Waals surface area contributed by atoms with Gasteiger partial charge in [0.2, 0.25) is 6.33 Å². The zero-order valence-electron chi connectivity index (χ0n) is 19.7. The fraction of sp³-hybridized carbons (Fsp3) is 0.233. The van der Waals surface area contributed by atoms with Crippen molar-refractivity contribution in [2.24, 2.45) is 0 Å². The summed E-state index contributed by atoms with van der Waals surface area (Å²) in [6, 6.07) is 24.1. The average molecular weight is 420 g/mol. The van der Waals surface area contributed by atoms with Crippen molar-refractivity contribution >= 4 is 21.8 Å². The molecule has 0 N–H and O–H groups in total. The molecule has 160 valence electrons. The molecule has 5 aromatic rings. The van der Waals surface area contributed by atoms with Crippen molar-refractivity contribution in [2.45, 2.75) is 47.7 Å². The highest BCUT2D eigenvalue weighted by atomic mass is 15.1. The van der Waals surface area contributed by atoms with E-state index in [0.29, 0.717) is 0 Å². The van der Waals surface area contributed by atoms with Gasteiger partial charge in [-0.15, -0.1) is 0 Å². The minimum atomic E-state index is 0.860. The Morgan fingerprint density at radius 2 is 1.28 bits per heavy atom. The third kappa shape index (κ3) is 3.31. The minimum Gasteiger partial charge on any atom is -0.226 e. The summed E-state index contributed by atoms with van der Waals surface area (Å²) in [5, 5.41) is 2.63. The first-order valence-corrected chi connectivity index (χ1v) is 11.5. The number of hydrogen-bond acceptors (Lipinski definition) is 0. The molecule has 0 fully saturated rings.